The van der Waals surface area contributed by atoms with Crippen LogP contribution >= 0.6 is 22.6 Å². The molecule has 2 unspecified atom stereocenters. The maximum absolute atomic E-state index is 13.1. The minimum Gasteiger partial charge on any atom is -0.452 e. The van der Waals surface area contributed by atoms with Gasteiger partial charge in [0.2, 0.25) is 0 Å². The summed E-state index contributed by atoms with van der Waals surface area (Å²) < 4.78 is 87.8. The summed E-state index contributed by atoms with van der Waals surface area (Å²) in [6.45, 7) is 3.98. The van der Waals surface area contributed by atoms with Gasteiger partial charge in [-0.2, -0.15) is 26.3 Å². The molecule has 0 aromatic carbocycles. The van der Waals surface area contributed by atoms with Gasteiger partial charge in [0.05, 0.1) is 0 Å². The first kappa shape index (κ1) is 26.7. The van der Waals surface area contributed by atoms with E-state index < -0.39 is 45.3 Å². The number of rotatable bonds is 6. The number of ether oxygens (including phenoxy) is 2. The quantitative estimate of drug-likeness (QED) is 0.220. The lowest BCUT2D eigenvalue weighted by atomic mass is 9.83. The van der Waals surface area contributed by atoms with Crippen LogP contribution in [-0.2, 0) is 19.1 Å². The number of aliphatic hydroxyl groups is 1. The second kappa shape index (κ2) is 9.05. The van der Waals surface area contributed by atoms with Crippen molar-refractivity contribution in [3.05, 3.63) is 23.5 Å². The van der Waals surface area contributed by atoms with Crippen LogP contribution in [0.2, 0.25) is 0 Å². The molecule has 12 heteroatoms. The van der Waals surface area contributed by atoms with Crippen molar-refractivity contribution in [2.45, 2.75) is 68.0 Å². The van der Waals surface area contributed by atoms with Crippen molar-refractivity contribution in [3.63, 3.8) is 0 Å². The summed E-state index contributed by atoms with van der Waals surface area (Å²) in [5, 5.41) is 9.51. The van der Waals surface area contributed by atoms with E-state index in [4.69, 9.17) is 4.74 Å². The molecule has 0 aromatic heterocycles. The number of esters is 2. The molecule has 0 radical (unpaired) electrons. The molecule has 0 amide bonds. The fraction of sp³-hybridized carbons (Fsp3) is 0.667. The van der Waals surface area contributed by atoms with E-state index in [1.165, 1.54) is 6.08 Å². The third kappa shape index (κ3) is 5.29. The average molecular weight is 558 g/mol. The Morgan fingerprint density at radius 3 is 2.07 bits per heavy atom. The van der Waals surface area contributed by atoms with Crippen molar-refractivity contribution in [2.24, 2.45) is 5.92 Å². The molecular formula is C18H21F6IO5. The van der Waals surface area contributed by atoms with E-state index in [2.05, 4.69) is 4.74 Å². The number of allylic oxidation sites excluding steroid dienone is 3. The lowest BCUT2D eigenvalue weighted by Crippen LogP contribution is -2.69. The Bertz CT molecular complexity index is 724. The van der Waals surface area contributed by atoms with E-state index in [1.807, 2.05) is 22.6 Å². The SMILES string of the molecule is CCC(I)C(=O)OC1=CC=C(C(=O)OC(C)(C)C(O)(C(F)(F)F)C(F)(F)F)CC1C. The molecule has 2 atom stereocenters. The molecular weight excluding hydrogens is 537 g/mol. The second-order valence-corrected chi connectivity index (χ2v) is 8.77. The Labute approximate surface area is 182 Å². The van der Waals surface area contributed by atoms with E-state index in [-0.39, 0.29) is 17.8 Å². The first-order chi connectivity index (χ1) is 13.4. The summed E-state index contributed by atoms with van der Waals surface area (Å²) in [4.78, 5) is 24.1. The Morgan fingerprint density at radius 1 is 1.17 bits per heavy atom. The van der Waals surface area contributed by atoms with E-state index in [9.17, 15) is 41.0 Å². The third-order valence-electron chi connectivity index (χ3n) is 4.60. The van der Waals surface area contributed by atoms with Crippen molar-refractivity contribution in [1.82, 2.24) is 0 Å². The van der Waals surface area contributed by atoms with Gasteiger partial charge in [-0.05, 0) is 38.8 Å². The molecule has 172 valence electrons. The van der Waals surface area contributed by atoms with Gasteiger partial charge in [-0.3, -0.25) is 4.79 Å². The van der Waals surface area contributed by atoms with E-state index in [1.54, 1.807) is 13.8 Å². The van der Waals surface area contributed by atoms with Crippen molar-refractivity contribution >= 4 is 34.5 Å². The predicted octanol–water partition coefficient (Wildman–Crippen LogP) is 4.77. The van der Waals surface area contributed by atoms with Crippen molar-refractivity contribution < 1.29 is 50.5 Å². The summed E-state index contributed by atoms with van der Waals surface area (Å²) in [5.74, 6) is -2.33. The number of carbonyl (C=O) groups is 2. The van der Waals surface area contributed by atoms with E-state index >= 15 is 0 Å². The molecule has 0 saturated carbocycles. The van der Waals surface area contributed by atoms with Crippen molar-refractivity contribution in [2.75, 3.05) is 0 Å². The average Bonchev–Trinajstić information content (AvgIpc) is 2.59. The van der Waals surface area contributed by atoms with Gasteiger partial charge < -0.3 is 14.6 Å². The highest BCUT2D eigenvalue weighted by Gasteiger charge is 2.78. The van der Waals surface area contributed by atoms with Crippen molar-refractivity contribution in [1.29, 1.82) is 0 Å². The highest BCUT2D eigenvalue weighted by molar-refractivity contribution is 14.1. The minimum atomic E-state index is -6.15. The van der Waals surface area contributed by atoms with Gasteiger partial charge in [-0.25, -0.2) is 4.79 Å². The molecule has 1 aliphatic rings. The van der Waals surface area contributed by atoms with Gasteiger partial charge in [-0.15, -0.1) is 0 Å². The zero-order valence-electron chi connectivity index (χ0n) is 16.4. The monoisotopic (exact) mass is 558 g/mol. The summed E-state index contributed by atoms with van der Waals surface area (Å²) in [6, 6.07) is 0. The predicted molar refractivity (Wildman–Crippen MR) is 101 cm³/mol. The Morgan fingerprint density at radius 2 is 1.67 bits per heavy atom. The zero-order valence-corrected chi connectivity index (χ0v) is 18.6. The Kier molecular flexibility index (Phi) is 8.06. The summed E-state index contributed by atoms with van der Waals surface area (Å²) in [7, 11) is 0. The van der Waals surface area contributed by atoms with Crippen LogP contribution in [0.4, 0.5) is 26.3 Å². The van der Waals surface area contributed by atoms with Crippen molar-refractivity contribution in [3.8, 4) is 0 Å². The van der Waals surface area contributed by atoms with Crippen LogP contribution in [-0.4, -0.2) is 44.5 Å². The highest BCUT2D eigenvalue weighted by Crippen LogP contribution is 2.50. The van der Waals surface area contributed by atoms with Crippen LogP contribution in [0.1, 0.15) is 40.5 Å². The number of alkyl halides is 7. The maximum Gasteiger partial charge on any atom is 0.430 e. The third-order valence-corrected chi connectivity index (χ3v) is 5.98. The summed E-state index contributed by atoms with van der Waals surface area (Å²) in [6.07, 6.45) is -9.61. The molecule has 0 saturated heterocycles. The first-order valence-corrected chi connectivity index (χ1v) is 9.99. The fourth-order valence-electron chi connectivity index (χ4n) is 2.69. The normalized spacial score (nSPS) is 19.5. The molecule has 1 rings (SSSR count). The molecule has 30 heavy (non-hydrogen) atoms. The molecule has 0 spiro atoms. The fourth-order valence-corrected chi connectivity index (χ4v) is 2.82. The van der Waals surface area contributed by atoms with Crippen LogP contribution in [0.3, 0.4) is 0 Å². The number of carbonyl (C=O) groups excluding carboxylic acids is 2. The molecule has 1 aliphatic carbocycles. The lowest BCUT2D eigenvalue weighted by molar-refractivity contribution is -0.407. The number of hydrogen-bond donors (Lipinski definition) is 1. The first-order valence-electron chi connectivity index (χ1n) is 8.74. The topological polar surface area (TPSA) is 72.8 Å². The maximum atomic E-state index is 13.1. The number of hydrogen-bond acceptors (Lipinski definition) is 5. The van der Waals surface area contributed by atoms with Gasteiger partial charge in [0.1, 0.15) is 9.68 Å². The van der Waals surface area contributed by atoms with Crippen LogP contribution in [0.15, 0.2) is 23.5 Å². The van der Waals surface area contributed by atoms with Gasteiger partial charge in [0, 0.05) is 11.5 Å². The molecule has 0 heterocycles. The molecule has 0 fully saturated rings. The van der Waals surface area contributed by atoms with E-state index in [0.29, 0.717) is 20.3 Å². The summed E-state index contributed by atoms with van der Waals surface area (Å²) >= 11 is 1.89. The number of halogens is 7. The molecule has 0 aromatic rings. The molecule has 5 nitrogen and oxygen atoms in total. The highest BCUT2D eigenvalue weighted by atomic mass is 127. The standard InChI is InChI=1S/C18H21F6IO5/c1-5-11(25)14(27)29-12-7-6-10(8-9(12)2)13(26)30-15(3,4)16(28,17(19,20)21)18(22,23)24/h6-7,9,11,28H,5,8H2,1-4H3. The molecule has 0 bridgehead atoms. The summed E-state index contributed by atoms with van der Waals surface area (Å²) in [5.41, 5.74) is -8.89. The lowest BCUT2D eigenvalue weighted by Gasteiger charge is -2.43. The molecule has 0 aliphatic heterocycles. The Hall–Kier alpha value is -1.31. The van der Waals surface area contributed by atoms with Gasteiger partial charge in [-0.1, -0.05) is 36.4 Å². The second-order valence-electron chi connectivity index (χ2n) is 7.27. The van der Waals surface area contributed by atoms with E-state index in [0.717, 1.165) is 6.08 Å². The van der Waals surface area contributed by atoms with Gasteiger partial charge in [0.25, 0.3) is 5.60 Å². The smallest absolute Gasteiger partial charge is 0.430 e. The largest absolute Gasteiger partial charge is 0.452 e. The van der Waals surface area contributed by atoms with Crippen LogP contribution < -0.4 is 0 Å². The van der Waals surface area contributed by atoms with Gasteiger partial charge >= 0.3 is 24.3 Å². The van der Waals surface area contributed by atoms with Crippen LogP contribution in [0.25, 0.3) is 0 Å². The van der Waals surface area contributed by atoms with Crippen LogP contribution in [0, 0.1) is 5.92 Å². The molecule has 1 N–H and O–H groups in total. The van der Waals surface area contributed by atoms with Gasteiger partial charge in [0.15, 0.2) is 5.60 Å². The Balaban J connectivity index is 3.11. The minimum absolute atomic E-state index is 0.150. The van der Waals surface area contributed by atoms with Crippen LogP contribution in [0.5, 0.6) is 0 Å². The zero-order chi connectivity index (χ0) is 23.7.